The molecule has 1 aliphatic rings. The molecule has 28 heavy (non-hydrogen) atoms. The van der Waals surface area contributed by atoms with E-state index in [-0.39, 0.29) is 18.4 Å². The molecule has 0 saturated carbocycles. The van der Waals surface area contributed by atoms with Gasteiger partial charge in [0.05, 0.1) is 19.0 Å². The summed E-state index contributed by atoms with van der Waals surface area (Å²) >= 11 is 0. The van der Waals surface area contributed by atoms with Gasteiger partial charge in [-0.3, -0.25) is 4.57 Å². The van der Waals surface area contributed by atoms with Gasteiger partial charge in [0.1, 0.15) is 18.7 Å². The number of hydrogen-bond acceptors (Lipinski definition) is 8. The fourth-order valence-electron chi connectivity index (χ4n) is 3.65. The number of hydrogen-bond donors (Lipinski definition) is 0. The second kappa shape index (κ2) is 9.60. The molecule has 0 radical (unpaired) electrons. The summed E-state index contributed by atoms with van der Waals surface area (Å²) < 4.78 is 24.2. The lowest BCUT2D eigenvalue weighted by Gasteiger charge is -2.20. The van der Waals surface area contributed by atoms with E-state index in [1.165, 1.54) is 0 Å². The minimum atomic E-state index is -0.190. The van der Waals surface area contributed by atoms with Crippen LogP contribution in [0.15, 0.2) is 12.7 Å². The van der Waals surface area contributed by atoms with Crippen molar-refractivity contribution in [2.45, 2.75) is 38.2 Å². The molecule has 0 spiro atoms. The fourth-order valence-corrected chi connectivity index (χ4v) is 3.65. The molecule has 3 rings (SSSR count). The second-order valence-electron chi connectivity index (χ2n) is 7.39. The van der Waals surface area contributed by atoms with Gasteiger partial charge in [-0.05, 0) is 12.3 Å². The monoisotopic (exact) mass is 393 g/mol. The summed E-state index contributed by atoms with van der Waals surface area (Å²) in [5.74, 6) is 1.31. The van der Waals surface area contributed by atoms with Gasteiger partial charge < -0.3 is 23.8 Å². The molecule has 2 aromatic rings. The Bertz CT molecular complexity index is 755. The summed E-state index contributed by atoms with van der Waals surface area (Å²) in [5, 5.41) is 0. The first-order chi connectivity index (χ1) is 13.6. The van der Waals surface area contributed by atoms with Crippen molar-refractivity contribution >= 4 is 17.0 Å². The first kappa shape index (κ1) is 20.9. The quantitative estimate of drug-likeness (QED) is 0.605. The van der Waals surface area contributed by atoms with Gasteiger partial charge in [-0.1, -0.05) is 6.92 Å². The Hall–Kier alpha value is -1.81. The summed E-state index contributed by atoms with van der Waals surface area (Å²) in [6.07, 6.45) is 4.77. The maximum Gasteiger partial charge on any atom is 0.167 e. The molecule has 9 nitrogen and oxygen atoms in total. The molecular formula is C19H31N5O4. The highest BCUT2D eigenvalue weighted by atomic mass is 16.6. The Morgan fingerprint density at radius 3 is 2.79 bits per heavy atom. The fraction of sp³-hybridized carbons (Fsp3) is 0.737. The Kier molecular flexibility index (Phi) is 7.17. The van der Waals surface area contributed by atoms with E-state index in [0.29, 0.717) is 12.5 Å². The van der Waals surface area contributed by atoms with Crippen molar-refractivity contribution in [1.82, 2.24) is 19.5 Å². The van der Waals surface area contributed by atoms with Gasteiger partial charge in [-0.2, -0.15) is 0 Å². The van der Waals surface area contributed by atoms with E-state index in [1.807, 2.05) is 11.6 Å². The third kappa shape index (κ3) is 4.43. The smallest absolute Gasteiger partial charge is 0.167 e. The van der Waals surface area contributed by atoms with Crippen LogP contribution in [0.3, 0.4) is 0 Å². The molecule has 3 heterocycles. The molecule has 9 heteroatoms. The van der Waals surface area contributed by atoms with Crippen molar-refractivity contribution in [3.8, 4) is 0 Å². The Balaban J connectivity index is 1.78. The molecular weight excluding hydrogens is 362 g/mol. The van der Waals surface area contributed by atoms with Crippen molar-refractivity contribution < 1.29 is 18.9 Å². The number of nitrogens with zero attached hydrogens (tertiary/aromatic N) is 5. The van der Waals surface area contributed by atoms with E-state index in [9.17, 15) is 0 Å². The van der Waals surface area contributed by atoms with Gasteiger partial charge in [0.25, 0.3) is 0 Å². The van der Waals surface area contributed by atoms with Gasteiger partial charge in [0.15, 0.2) is 17.0 Å². The topological polar surface area (TPSA) is 83.8 Å². The number of rotatable bonds is 10. The van der Waals surface area contributed by atoms with Gasteiger partial charge in [0, 0.05) is 47.9 Å². The number of anilines is 1. The number of imidazole rings is 1. The number of methoxy groups -OCH3 is 3. The van der Waals surface area contributed by atoms with Gasteiger partial charge in [-0.25, -0.2) is 15.0 Å². The SMILES string of the molecule is COCC(C)CCN(C)c1ncnc2c1ncn2[C@@H]1CC(OC)[C@H](COC)O1. The molecule has 156 valence electrons. The minimum Gasteiger partial charge on any atom is -0.384 e. The third-order valence-electron chi connectivity index (χ3n) is 5.23. The Morgan fingerprint density at radius 1 is 1.25 bits per heavy atom. The maximum absolute atomic E-state index is 6.15. The molecule has 0 aliphatic carbocycles. The van der Waals surface area contributed by atoms with E-state index in [2.05, 4.69) is 26.8 Å². The lowest BCUT2D eigenvalue weighted by molar-refractivity contribution is -0.0597. The molecule has 0 aromatic carbocycles. The van der Waals surface area contributed by atoms with Crippen LogP contribution in [-0.2, 0) is 18.9 Å². The Labute approximate surface area is 166 Å². The summed E-state index contributed by atoms with van der Waals surface area (Å²) in [6.45, 7) is 4.29. The van der Waals surface area contributed by atoms with Crippen LogP contribution in [0.4, 0.5) is 5.82 Å². The molecule has 0 amide bonds. The van der Waals surface area contributed by atoms with Gasteiger partial charge in [-0.15, -0.1) is 0 Å². The molecule has 0 bridgehead atoms. The molecule has 1 saturated heterocycles. The highest BCUT2D eigenvalue weighted by molar-refractivity contribution is 5.83. The van der Waals surface area contributed by atoms with E-state index < -0.39 is 0 Å². The summed E-state index contributed by atoms with van der Waals surface area (Å²) in [4.78, 5) is 15.6. The lowest BCUT2D eigenvalue weighted by atomic mass is 10.1. The predicted octanol–water partition coefficient (Wildman–Crippen LogP) is 1.88. The van der Waals surface area contributed by atoms with Crippen molar-refractivity contribution in [2.75, 3.05) is 53.0 Å². The van der Waals surface area contributed by atoms with Crippen molar-refractivity contribution in [1.29, 1.82) is 0 Å². The zero-order chi connectivity index (χ0) is 20.1. The molecule has 4 atom stereocenters. The zero-order valence-corrected chi connectivity index (χ0v) is 17.4. The third-order valence-corrected chi connectivity index (χ3v) is 5.23. The first-order valence-corrected chi connectivity index (χ1v) is 9.63. The normalized spacial score (nSPS) is 23.4. The first-order valence-electron chi connectivity index (χ1n) is 9.63. The number of ether oxygens (including phenoxy) is 4. The van der Waals surface area contributed by atoms with Crippen LogP contribution in [-0.4, -0.2) is 79.9 Å². The van der Waals surface area contributed by atoms with Crippen molar-refractivity contribution in [2.24, 2.45) is 5.92 Å². The standard InChI is InChI=1S/C19H31N5O4/c1-13(9-25-3)6-7-23(2)18-17-19(21-11-20-18)24(12-22-17)16-8-14(27-5)15(28-16)10-26-4/h11-16H,6-10H2,1-5H3/t13?,14?,15-,16-/m0/s1. The largest absolute Gasteiger partial charge is 0.384 e. The van der Waals surface area contributed by atoms with Crippen LogP contribution in [0.1, 0.15) is 26.0 Å². The second-order valence-corrected chi connectivity index (χ2v) is 7.39. The van der Waals surface area contributed by atoms with Crippen LogP contribution in [0.2, 0.25) is 0 Å². The summed E-state index contributed by atoms with van der Waals surface area (Å²) in [6, 6.07) is 0. The number of fused-ring (bicyclic) bond motifs is 1. The van der Waals surface area contributed by atoms with Gasteiger partial charge >= 0.3 is 0 Å². The minimum absolute atomic E-state index is 0.0198. The number of aromatic nitrogens is 4. The van der Waals surface area contributed by atoms with Crippen molar-refractivity contribution in [3.05, 3.63) is 12.7 Å². The predicted molar refractivity (Wildman–Crippen MR) is 105 cm³/mol. The van der Waals surface area contributed by atoms with Crippen LogP contribution in [0, 0.1) is 5.92 Å². The van der Waals surface area contributed by atoms with E-state index in [0.717, 1.165) is 43.0 Å². The van der Waals surface area contributed by atoms with Gasteiger partial charge in [0.2, 0.25) is 0 Å². The molecule has 1 aliphatic heterocycles. The van der Waals surface area contributed by atoms with E-state index in [1.54, 1.807) is 34.0 Å². The van der Waals surface area contributed by atoms with E-state index in [4.69, 9.17) is 18.9 Å². The van der Waals surface area contributed by atoms with Crippen LogP contribution < -0.4 is 4.90 Å². The molecule has 2 aromatic heterocycles. The maximum atomic E-state index is 6.15. The average molecular weight is 393 g/mol. The molecule has 1 fully saturated rings. The zero-order valence-electron chi connectivity index (χ0n) is 17.4. The van der Waals surface area contributed by atoms with E-state index >= 15 is 0 Å². The van der Waals surface area contributed by atoms with Crippen LogP contribution in [0.5, 0.6) is 0 Å². The molecule has 0 N–H and O–H groups in total. The van der Waals surface area contributed by atoms with Crippen LogP contribution >= 0.6 is 0 Å². The lowest BCUT2D eigenvalue weighted by Crippen LogP contribution is -2.27. The van der Waals surface area contributed by atoms with Crippen molar-refractivity contribution in [3.63, 3.8) is 0 Å². The van der Waals surface area contributed by atoms with Crippen LogP contribution in [0.25, 0.3) is 11.2 Å². The highest BCUT2D eigenvalue weighted by Crippen LogP contribution is 2.33. The summed E-state index contributed by atoms with van der Waals surface area (Å²) in [5.41, 5.74) is 1.54. The average Bonchev–Trinajstić information content (AvgIpc) is 3.30. The molecule has 2 unspecified atom stereocenters. The highest BCUT2D eigenvalue weighted by Gasteiger charge is 2.37. The summed E-state index contributed by atoms with van der Waals surface area (Å²) in [7, 11) is 7.13. The Morgan fingerprint density at radius 2 is 2.07 bits per heavy atom.